The summed E-state index contributed by atoms with van der Waals surface area (Å²) in [5, 5.41) is 0. The molecule has 0 atom stereocenters. The van der Waals surface area contributed by atoms with Crippen LogP contribution < -0.4 is 4.74 Å². The molecular formula is C19H16BrNO2S2. The summed E-state index contributed by atoms with van der Waals surface area (Å²) in [7, 11) is 1.65. The van der Waals surface area contributed by atoms with Crippen molar-refractivity contribution in [2.24, 2.45) is 0 Å². The van der Waals surface area contributed by atoms with Crippen LogP contribution in [0.15, 0.2) is 57.9 Å². The van der Waals surface area contributed by atoms with Gasteiger partial charge >= 0.3 is 0 Å². The quantitative estimate of drug-likeness (QED) is 0.495. The van der Waals surface area contributed by atoms with E-state index in [0.717, 1.165) is 27.8 Å². The molecule has 3 nitrogen and oxygen atoms in total. The fourth-order valence-electron chi connectivity index (χ4n) is 2.44. The van der Waals surface area contributed by atoms with Crippen LogP contribution in [0.25, 0.3) is 6.08 Å². The highest BCUT2D eigenvalue weighted by Crippen LogP contribution is 2.32. The first-order chi connectivity index (χ1) is 12.1. The van der Waals surface area contributed by atoms with Gasteiger partial charge in [-0.15, -0.1) is 0 Å². The van der Waals surface area contributed by atoms with Gasteiger partial charge in [0, 0.05) is 11.0 Å². The predicted molar refractivity (Wildman–Crippen MR) is 111 cm³/mol. The van der Waals surface area contributed by atoms with Crippen molar-refractivity contribution in [3.05, 3.63) is 69.0 Å². The zero-order valence-corrected chi connectivity index (χ0v) is 16.8. The fraction of sp³-hybridized carbons (Fsp3) is 0.158. The van der Waals surface area contributed by atoms with Gasteiger partial charge in [-0.05, 0) is 47.9 Å². The van der Waals surface area contributed by atoms with E-state index in [4.69, 9.17) is 17.0 Å². The van der Waals surface area contributed by atoms with Crippen LogP contribution in [0.4, 0.5) is 0 Å². The summed E-state index contributed by atoms with van der Waals surface area (Å²) in [4.78, 5) is 15.0. The summed E-state index contributed by atoms with van der Waals surface area (Å²) in [5.41, 5.74) is 2.13. The van der Waals surface area contributed by atoms with E-state index in [1.165, 1.54) is 11.8 Å². The first-order valence-corrected chi connectivity index (χ1v) is 9.72. The molecular weight excluding hydrogens is 418 g/mol. The number of amides is 1. The first-order valence-electron chi connectivity index (χ1n) is 7.70. The molecule has 0 spiro atoms. The van der Waals surface area contributed by atoms with E-state index in [0.29, 0.717) is 15.8 Å². The number of carbonyl (C=O) groups excluding carboxylic acids is 1. The smallest absolute Gasteiger partial charge is 0.266 e. The average molecular weight is 434 g/mol. The van der Waals surface area contributed by atoms with Crippen molar-refractivity contribution in [2.45, 2.75) is 6.42 Å². The van der Waals surface area contributed by atoms with Crippen molar-refractivity contribution in [1.29, 1.82) is 0 Å². The summed E-state index contributed by atoms with van der Waals surface area (Å²) in [6, 6.07) is 15.7. The Morgan fingerprint density at radius 1 is 1.16 bits per heavy atom. The van der Waals surface area contributed by atoms with Crippen LogP contribution in [0.5, 0.6) is 5.75 Å². The third-order valence-electron chi connectivity index (χ3n) is 3.82. The lowest BCUT2D eigenvalue weighted by Crippen LogP contribution is -2.30. The molecule has 0 bridgehead atoms. The van der Waals surface area contributed by atoms with Crippen LogP contribution >= 0.6 is 39.9 Å². The van der Waals surface area contributed by atoms with Gasteiger partial charge in [0.05, 0.1) is 12.0 Å². The Bertz CT molecular complexity index is 816. The van der Waals surface area contributed by atoms with Gasteiger partial charge in [-0.25, -0.2) is 0 Å². The van der Waals surface area contributed by atoms with Gasteiger partial charge in [0.1, 0.15) is 10.1 Å². The molecule has 0 saturated carbocycles. The zero-order chi connectivity index (χ0) is 17.8. The SMILES string of the molecule is COc1ccc(CCN2C(=O)C(=Cc3ccc(Br)cc3)SC2=S)cc1. The van der Waals surface area contributed by atoms with Gasteiger partial charge < -0.3 is 4.74 Å². The fourth-order valence-corrected chi connectivity index (χ4v) is 4.01. The Hall–Kier alpha value is -1.63. The van der Waals surface area contributed by atoms with Crippen LogP contribution in [0.3, 0.4) is 0 Å². The van der Waals surface area contributed by atoms with Crippen LogP contribution in [-0.4, -0.2) is 28.8 Å². The topological polar surface area (TPSA) is 29.5 Å². The number of ether oxygens (including phenoxy) is 1. The molecule has 1 aliphatic rings. The number of nitrogens with zero attached hydrogens (tertiary/aromatic N) is 1. The van der Waals surface area contributed by atoms with Gasteiger partial charge in [0.2, 0.25) is 0 Å². The summed E-state index contributed by atoms with van der Waals surface area (Å²) in [5.74, 6) is 0.804. The highest BCUT2D eigenvalue weighted by molar-refractivity contribution is 9.10. The van der Waals surface area contributed by atoms with E-state index in [1.807, 2.05) is 54.6 Å². The van der Waals surface area contributed by atoms with Gasteiger partial charge in [0.25, 0.3) is 5.91 Å². The van der Waals surface area contributed by atoms with Crippen molar-refractivity contribution in [2.75, 3.05) is 13.7 Å². The number of methoxy groups -OCH3 is 1. The molecule has 128 valence electrons. The number of carbonyl (C=O) groups is 1. The molecule has 1 saturated heterocycles. The standard InChI is InChI=1S/C19H16BrNO2S2/c1-23-16-8-4-13(5-9-16)10-11-21-18(22)17(25-19(21)24)12-14-2-6-15(20)7-3-14/h2-9,12H,10-11H2,1H3. The monoisotopic (exact) mass is 433 g/mol. The zero-order valence-electron chi connectivity index (χ0n) is 13.6. The van der Waals surface area contributed by atoms with Gasteiger partial charge in [0.15, 0.2) is 0 Å². The number of benzene rings is 2. The minimum atomic E-state index is -0.0218. The molecule has 1 fully saturated rings. The molecule has 2 aromatic carbocycles. The average Bonchev–Trinajstić information content (AvgIpc) is 2.89. The number of hydrogen-bond acceptors (Lipinski definition) is 4. The number of thioether (sulfide) groups is 1. The second-order valence-electron chi connectivity index (χ2n) is 5.48. The minimum Gasteiger partial charge on any atom is -0.497 e. The summed E-state index contributed by atoms with van der Waals surface area (Å²) < 4.78 is 6.78. The van der Waals surface area contributed by atoms with Crippen molar-refractivity contribution >= 4 is 56.2 Å². The van der Waals surface area contributed by atoms with Crippen molar-refractivity contribution in [1.82, 2.24) is 4.90 Å². The van der Waals surface area contributed by atoms with Crippen LogP contribution in [-0.2, 0) is 11.2 Å². The molecule has 0 aliphatic carbocycles. The Kier molecular flexibility index (Phi) is 5.93. The van der Waals surface area contributed by atoms with E-state index in [2.05, 4.69) is 15.9 Å². The number of halogens is 1. The molecule has 1 heterocycles. The molecule has 1 amide bonds. The minimum absolute atomic E-state index is 0.0218. The van der Waals surface area contributed by atoms with Gasteiger partial charge in [-0.3, -0.25) is 9.69 Å². The van der Waals surface area contributed by atoms with E-state index in [9.17, 15) is 4.79 Å². The number of hydrogen-bond donors (Lipinski definition) is 0. The summed E-state index contributed by atoms with van der Waals surface area (Å²) in [6.07, 6.45) is 2.64. The normalized spacial score (nSPS) is 15.9. The van der Waals surface area contributed by atoms with Crippen LogP contribution in [0, 0.1) is 0 Å². The van der Waals surface area contributed by atoms with Crippen LogP contribution in [0.2, 0.25) is 0 Å². The molecule has 6 heteroatoms. The van der Waals surface area contributed by atoms with E-state index >= 15 is 0 Å². The van der Waals surface area contributed by atoms with Crippen molar-refractivity contribution < 1.29 is 9.53 Å². The molecule has 3 rings (SSSR count). The maximum absolute atomic E-state index is 12.6. The molecule has 0 aromatic heterocycles. The third kappa shape index (κ3) is 4.51. The van der Waals surface area contributed by atoms with Gasteiger partial charge in [-0.2, -0.15) is 0 Å². The largest absolute Gasteiger partial charge is 0.497 e. The number of thiocarbonyl (C=S) groups is 1. The first kappa shape index (κ1) is 18.2. The molecule has 1 aliphatic heterocycles. The Labute approximate surface area is 165 Å². The summed E-state index contributed by atoms with van der Waals surface area (Å²) in [6.45, 7) is 0.578. The van der Waals surface area contributed by atoms with E-state index in [1.54, 1.807) is 12.0 Å². The summed E-state index contributed by atoms with van der Waals surface area (Å²) >= 11 is 10.2. The lowest BCUT2D eigenvalue weighted by atomic mass is 10.1. The second-order valence-corrected chi connectivity index (χ2v) is 8.07. The Morgan fingerprint density at radius 3 is 2.48 bits per heavy atom. The van der Waals surface area contributed by atoms with Crippen molar-refractivity contribution in [3.63, 3.8) is 0 Å². The predicted octanol–water partition coefficient (Wildman–Crippen LogP) is 4.90. The molecule has 0 radical (unpaired) electrons. The molecule has 0 unspecified atom stereocenters. The van der Waals surface area contributed by atoms with Crippen molar-refractivity contribution in [3.8, 4) is 5.75 Å². The maximum Gasteiger partial charge on any atom is 0.266 e. The Morgan fingerprint density at radius 2 is 1.84 bits per heavy atom. The molecule has 2 aromatic rings. The lowest BCUT2D eigenvalue weighted by molar-refractivity contribution is -0.122. The lowest BCUT2D eigenvalue weighted by Gasteiger charge is -2.14. The highest BCUT2D eigenvalue weighted by atomic mass is 79.9. The van der Waals surface area contributed by atoms with E-state index in [-0.39, 0.29) is 5.91 Å². The molecule has 0 N–H and O–H groups in total. The highest BCUT2D eigenvalue weighted by Gasteiger charge is 2.31. The third-order valence-corrected chi connectivity index (χ3v) is 5.73. The second kappa shape index (κ2) is 8.17. The number of rotatable bonds is 5. The van der Waals surface area contributed by atoms with E-state index < -0.39 is 0 Å². The Balaban J connectivity index is 1.67. The maximum atomic E-state index is 12.6. The van der Waals surface area contributed by atoms with Crippen LogP contribution in [0.1, 0.15) is 11.1 Å². The molecule has 25 heavy (non-hydrogen) atoms. The van der Waals surface area contributed by atoms with Gasteiger partial charge in [-0.1, -0.05) is 64.2 Å².